The first-order valence-electron chi connectivity index (χ1n) is 12.2. The van der Waals surface area contributed by atoms with Gasteiger partial charge in [-0.15, -0.1) is 0 Å². The summed E-state index contributed by atoms with van der Waals surface area (Å²) in [4.78, 5) is 41.2. The first-order chi connectivity index (χ1) is 18.8. The summed E-state index contributed by atoms with van der Waals surface area (Å²) in [6.07, 6.45) is 1.42. The molecule has 0 saturated heterocycles. The zero-order valence-electron chi connectivity index (χ0n) is 21.1. The van der Waals surface area contributed by atoms with Crippen molar-refractivity contribution in [3.8, 4) is 0 Å². The van der Waals surface area contributed by atoms with Crippen molar-refractivity contribution in [3.05, 3.63) is 119 Å². The Bertz CT molecular complexity index is 1550. The quantitative estimate of drug-likeness (QED) is 0.239. The Hall–Kier alpha value is -4.63. The zero-order chi connectivity index (χ0) is 27.5. The van der Waals surface area contributed by atoms with Gasteiger partial charge < -0.3 is 15.1 Å². The van der Waals surface area contributed by atoms with Crippen LogP contribution < -0.4 is 15.5 Å². The highest BCUT2D eigenvalue weighted by Crippen LogP contribution is 2.38. The molecule has 3 amide bonds. The lowest BCUT2D eigenvalue weighted by Gasteiger charge is -2.15. The Morgan fingerprint density at radius 3 is 2.15 bits per heavy atom. The third kappa shape index (κ3) is 5.63. The summed E-state index contributed by atoms with van der Waals surface area (Å²) < 4.78 is 18.6. The molecular formula is C30H24FN3O4S. The van der Waals surface area contributed by atoms with Gasteiger partial charge in [0.15, 0.2) is 5.76 Å². The van der Waals surface area contributed by atoms with Crippen LogP contribution in [0.5, 0.6) is 0 Å². The van der Waals surface area contributed by atoms with E-state index in [-0.39, 0.29) is 28.0 Å². The zero-order valence-corrected chi connectivity index (χ0v) is 21.9. The maximum absolute atomic E-state index is 13.5. The summed E-state index contributed by atoms with van der Waals surface area (Å²) in [6, 6.07) is 22.9. The molecule has 1 aromatic heterocycles. The second-order valence-electron chi connectivity index (χ2n) is 9.09. The highest BCUT2D eigenvalue weighted by Gasteiger charge is 2.40. The summed E-state index contributed by atoms with van der Waals surface area (Å²) >= 11 is 1.13. The van der Waals surface area contributed by atoms with E-state index in [2.05, 4.69) is 24.5 Å². The molecule has 196 valence electrons. The van der Waals surface area contributed by atoms with Crippen LogP contribution in [0.4, 0.5) is 21.5 Å². The summed E-state index contributed by atoms with van der Waals surface area (Å²) in [7, 11) is 0. The Morgan fingerprint density at radius 2 is 1.54 bits per heavy atom. The highest BCUT2D eigenvalue weighted by molar-refractivity contribution is 8.04. The number of hydrogen-bond acceptors (Lipinski definition) is 6. The van der Waals surface area contributed by atoms with Crippen molar-refractivity contribution in [1.82, 2.24) is 0 Å². The first-order valence-corrected chi connectivity index (χ1v) is 13.0. The molecule has 9 heteroatoms. The molecule has 0 fully saturated rings. The SMILES string of the molecule is CC(C)c1ccc(NC2=C(Sc3ccc(NC(=O)c4ccco4)cc3)C(=O)N(c3ccc(F)cc3)C2=O)cc1. The van der Waals surface area contributed by atoms with Gasteiger partial charge in [-0.1, -0.05) is 37.7 Å². The van der Waals surface area contributed by atoms with Gasteiger partial charge in [-0.05, 0) is 84.3 Å². The molecule has 0 aliphatic carbocycles. The van der Waals surface area contributed by atoms with Crippen LogP contribution in [-0.2, 0) is 9.59 Å². The van der Waals surface area contributed by atoms with Crippen molar-refractivity contribution in [2.45, 2.75) is 24.7 Å². The summed E-state index contributed by atoms with van der Waals surface area (Å²) in [5.41, 5.74) is 2.74. The minimum atomic E-state index is -0.538. The number of imide groups is 1. The van der Waals surface area contributed by atoms with E-state index < -0.39 is 17.6 Å². The predicted molar refractivity (Wildman–Crippen MR) is 149 cm³/mol. The van der Waals surface area contributed by atoms with E-state index in [4.69, 9.17) is 4.42 Å². The van der Waals surface area contributed by atoms with Gasteiger partial charge in [0.25, 0.3) is 17.7 Å². The average Bonchev–Trinajstić information content (AvgIpc) is 3.55. The van der Waals surface area contributed by atoms with Crippen LogP contribution in [0.2, 0.25) is 0 Å². The Kier molecular flexibility index (Phi) is 7.33. The second-order valence-corrected chi connectivity index (χ2v) is 10.2. The molecule has 39 heavy (non-hydrogen) atoms. The second kappa shape index (κ2) is 11.0. The van der Waals surface area contributed by atoms with Crippen LogP contribution in [0.15, 0.2) is 111 Å². The molecule has 2 heterocycles. The molecule has 0 bridgehead atoms. The fraction of sp³-hybridized carbons (Fsp3) is 0.100. The molecule has 4 aromatic rings. The van der Waals surface area contributed by atoms with Crippen molar-refractivity contribution >= 4 is 46.5 Å². The molecule has 0 radical (unpaired) electrons. The normalized spacial score (nSPS) is 13.4. The number of benzene rings is 3. The van der Waals surface area contributed by atoms with Crippen LogP contribution in [0.3, 0.4) is 0 Å². The van der Waals surface area contributed by atoms with Gasteiger partial charge in [-0.25, -0.2) is 9.29 Å². The Labute approximate surface area is 228 Å². The maximum Gasteiger partial charge on any atom is 0.291 e. The van der Waals surface area contributed by atoms with Gasteiger partial charge in [0.2, 0.25) is 0 Å². The molecule has 1 aliphatic rings. The molecule has 3 aromatic carbocycles. The summed E-state index contributed by atoms with van der Waals surface area (Å²) in [5.74, 6) is -1.38. The van der Waals surface area contributed by atoms with E-state index in [1.165, 1.54) is 30.5 Å². The van der Waals surface area contributed by atoms with Crippen molar-refractivity contribution in [3.63, 3.8) is 0 Å². The number of rotatable bonds is 8. The maximum atomic E-state index is 13.5. The molecule has 0 spiro atoms. The van der Waals surface area contributed by atoms with Crippen LogP contribution >= 0.6 is 11.8 Å². The van der Waals surface area contributed by atoms with Crippen LogP contribution in [0.1, 0.15) is 35.9 Å². The van der Waals surface area contributed by atoms with Crippen LogP contribution in [-0.4, -0.2) is 17.7 Å². The summed E-state index contributed by atoms with van der Waals surface area (Å²) in [6.45, 7) is 4.18. The number of anilines is 3. The lowest BCUT2D eigenvalue weighted by atomic mass is 10.0. The van der Waals surface area contributed by atoms with E-state index in [9.17, 15) is 18.8 Å². The molecular weight excluding hydrogens is 517 g/mol. The molecule has 0 unspecified atom stereocenters. The minimum Gasteiger partial charge on any atom is -0.459 e. The monoisotopic (exact) mass is 541 g/mol. The number of carbonyl (C=O) groups is 3. The third-order valence-corrected chi connectivity index (χ3v) is 7.14. The van der Waals surface area contributed by atoms with Crippen molar-refractivity contribution in [2.75, 3.05) is 15.5 Å². The fourth-order valence-electron chi connectivity index (χ4n) is 3.96. The van der Waals surface area contributed by atoms with E-state index in [0.717, 1.165) is 22.2 Å². The van der Waals surface area contributed by atoms with Crippen molar-refractivity contribution in [2.24, 2.45) is 0 Å². The minimum absolute atomic E-state index is 0.127. The molecule has 2 N–H and O–H groups in total. The standard InChI is InChI=1S/C30H24FN3O4S/c1-18(2)19-5-9-21(10-6-19)32-26-27(30(37)34(29(26)36)23-13-7-20(31)8-14-23)39-24-15-11-22(12-16-24)33-28(35)25-4-3-17-38-25/h3-18,32H,1-2H3,(H,33,35). The van der Waals surface area contributed by atoms with Gasteiger partial charge in [0, 0.05) is 16.3 Å². The predicted octanol–water partition coefficient (Wildman–Crippen LogP) is 6.78. The van der Waals surface area contributed by atoms with Gasteiger partial charge in [0.1, 0.15) is 16.4 Å². The number of nitrogens with one attached hydrogen (secondary N) is 2. The highest BCUT2D eigenvalue weighted by atomic mass is 32.2. The number of hydrogen-bond donors (Lipinski definition) is 2. The topological polar surface area (TPSA) is 91.7 Å². The van der Waals surface area contributed by atoms with E-state index in [1.54, 1.807) is 36.4 Å². The first kappa shape index (κ1) is 26.0. The van der Waals surface area contributed by atoms with Crippen molar-refractivity contribution in [1.29, 1.82) is 0 Å². The molecule has 0 saturated carbocycles. The number of carbonyl (C=O) groups excluding carboxylic acids is 3. The summed E-state index contributed by atoms with van der Waals surface area (Å²) in [5, 5.41) is 5.87. The van der Waals surface area contributed by atoms with E-state index in [0.29, 0.717) is 22.2 Å². The Balaban J connectivity index is 1.42. The lowest BCUT2D eigenvalue weighted by Crippen LogP contribution is -2.32. The number of furan rings is 1. The average molecular weight is 542 g/mol. The third-order valence-electron chi connectivity index (χ3n) is 6.05. The van der Waals surface area contributed by atoms with Crippen molar-refractivity contribution < 1.29 is 23.2 Å². The van der Waals surface area contributed by atoms with Gasteiger partial charge >= 0.3 is 0 Å². The molecule has 1 aliphatic heterocycles. The molecule has 7 nitrogen and oxygen atoms in total. The molecule has 5 rings (SSSR count). The smallest absolute Gasteiger partial charge is 0.291 e. The van der Waals surface area contributed by atoms with E-state index >= 15 is 0 Å². The van der Waals surface area contributed by atoms with Crippen LogP contribution in [0, 0.1) is 5.82 Å². The van der Waals surface area contributed by atoms with Crippen LogP contribution in [0.25, 0.3) is 0 Å². The largest absolute Gasteiger partial charge is 0.459 e. The number of amides is 3. The van der Waals surface area contributed by atoms with Gasteiger partial charge in [-0.2, -0.15) is 0 Å². The molecule has 0 atom stereocenters. The van der Waals surface area contributed by atoms with Gasteiger partial charge in [0.05, 0.1) is 12.0 Å². The number of nitrogens with zero attached hydrogens (tertiary/aromatic N) is 1. The Morgan fingerprint density at radius 1 is 0.872 bits per heavy atom. The number of halogens is 1. The lowest BCUT2D eigenvalue weighted by molar-refractivity contribution is -0.120. The van der Waals surface area contributed by atoms with E-state index in [1.807, 2.05) is 24.3 Å². The number of thioether (sulfide) groups is 1. The van der Waals surface area contributed by atoms with Gasteiger partial charge in [-0.3, -0.25) is 14.4 Å². The fourth-order valence-corrected chi connectivity index (χ4v) is 4.89.